The maximum absolute atomic E-state index is 12.5. The maximum atomic E-state index is 12.5. The number of aliphatic hydroxyl groups is 1. The van der Waals surface area contributed by atoms with Crippen molar-refractivity contribution >= 4 is 17.3 Å². The lowest BCUT2D eigenvalue weighted by Gasteiger charge is -2.12. The molecular formula is C11H13F3N2O2. The maximum Gasteiger partial charge on any atom is 0.418 e. The van der Waals surface area contributed by atoms with E-state index in [4.69, 9.17) is 10.8 Å². The van der Waals surface area contributed by atoms with Crippen LogP contribution in [0, 0.1) is 0 Å². The van der Waals surface area contributed by atoms with Gasteiger partial charge in [-0.2, -0.15) is 13.2 Å². The molecule has 0 aromatic heterocycles. The molecule has 0 spiro atoms. The van der Waals surface area contributed by atoms with Crippen LogP contribution in [-0.2, 0) is 11.0 Å². The van der Waals surface area contributed by atoms with E-state index in [1.807, 2.05) is 0 Å². The highest BCUT2D eigenvalue weighted by Crippen LogP contribution is 2.35. The number of nitrogens with two attached hydrogens (primary N) is 1. The highest BCUT2D eigenvalue weighted by molar-refractivity contribution is 5.91. The average Bonchev–Trinajstić information content (AvgIpc) is 2.27. The summed E-state index contributed by atoms with van der Waals surface area (Å²) in [4.78, 5) is 11.3. The summed E-state index contributed by atoms with van der Waals surface area (Å²) < 4.78 is 37.6. The number of amides is 1. The van der Waals surface area contributed by atoms with E-state index in [0.29, 0.717) is 0 Å². The minimum Gasteiger partial charge on any atom is -0.398 e. The lowest BCUT2D eigenvalue weighted by Crippen LogP contribution is -2.14. The SMILES string of the molecule is Nc1ccc(NC(=O)CCCO)cc1C(F)(F)F. The van der Waals surface area contributed by atoms with Crippen molar-refractivity contribution in [3.63, 3.8) is 0 Å². The molecule has 0 radical (unpaired) electrons. The van der Waals surface area contributed by atoms with Gasteiger partial charge in [0.05, 0.1) is 5.56 Å². The van der Waals surface area contributed by atoms with Crippen LogP contribution >= 0.6 is 0 Å². The van der Waals surface area contributed by atoms with Crippen LogP contribution in [-0.4, -0.2) is 17.6 Å². The summed E-state index contributed by atoms with van der Waals surface area (Å²) in [5, 5.41) is 10.8. The molecular weight excluding hydrogens is 249 g/mol. The fourth-order valence-electron chi connectivity index (χ4n) is 1.34. The predicted molar refractivity (Wildman–Crippen MR) is 60.8 cm³/mol. The summed E-state index contributed by atoms with van der Waals surface area (Å²) in [6.45, 7) is -0.150. The van der Waals surface area contributed by atoms with Crippen LogP contribution in [0.4, 0.5) is 24.5 Å². The van der Waals surface area contributed by atoms with Gasteiger partial charge >= 0.3 is 6.18 Å². The normalized spacial score (nSPS) is 11.3. The van der Waals surface area contributed by atoms with E-state index in [-0.39, 0.29) is 25.1 Å². The molecule has 0 atom stereocenters. The van der Waals surface area contributed by atoms with E-state index >= 15 is 0 Å². The summed E-state index contributed by atoms with van der Waals surface area (Å²) >= 11 is 0. The molecule has 0 heterocycles. The van der Waals surface area contributed by atoms with E-state index in [1.54, 1.807) is 0 Å². The van der Waals surface area contributed by atoms with E-state index in [2.05, 4.69) is 5.32 Å². The summed E-state index contributed by atoms with van der Waals surface area (Å²) in [6.07, 6.45) is -4.26. The number of anilines is 2. The Kier molecular flexibility index (Phi) is 4.55. The Morgan fingerprint density at radius 2 is 2.06 bits per heavy atom. The predicted octanol–water partition coefficient (Wildman–Crippen LogP) is 2.00. The van der Waals surface area contributed by atoms with Gasteiger partial charge < -0.3 is 16.2 Å². The van der Waals surface area contributed by atoms with E-state index in [1.165, 1.54) is 6.07 Å². The second-order valence-electron chi connectivity index (χ2n) is 3.68. The fraction of sp³-hybridized carbons (Fsp3) is 0.364. The molecule has 0 saturated heterocycles. The molecule has 7 heteroatoms. The Balaban J connectivity index is 2.83. The number of nitrogens with one attached hydrogen (secondary N) is 1. The number of carbonyl (C=O) groups excluding carboxylic acids is 1. The molecule has 0 unspecified atom stereocenters. The van der Waals surface area contributed by atoms with Crippen molar-refractivity contribution in [3.8, 4) is 0 Å². The number of benzene rings is 1. The molecule has 1 aromatic rings. The lowest BCUT2D eigenvalue weighted by molar-refractivity contribution is -0.136. The van der Waals surface area contributed by atoms with Gasteiger partial charge in [0.25, 0.3) is 0 Å². The van der Waals surface area contributed by atoms with Gasteiger partial charge in [-0.25, -0.2) is 0 Å². The first-order valence-electron chi connectivity index (χ1n) is 5.22. The number of aliphatic hydroxyl groups excluding tert-OH is 1. The Hall–Kier alpha value is -1.76. The van der Waals surface area contributed by atoms with Gasteiger partial charge in [0.2, 0.25) is 5.91 Å². The van der Waals surface area contributed by atoms with Crippen LogP contribution in [0.5, 0.6) is 0 Å². The molecule has 4 N–H and O–H groups in total. The first-order valence-corrected chi connectivity index (χ1v) is 5.22. The van der Waals surface area contributed by atoms with Crippen LogP contribution in [0.2, 0.25) is 0 Å². The number of hydrogen-bond acceptors (Lipinski definition) is 3. The zero-order valence-electron chi connectivity index (χ0n) is 9.42. The van der Waals surface area contributed by atoms with Gasteiger partial charge in [-0.1, -0.05) is 0 Å². The third-order valence-corrected chi connectivity index (χ3v) is 2.20. The minimum absolute atomic E-state index is 0.0273. The van der Waals surface area contributed by atoms with Crippen LogP contribution in [0.1, 0.15) is 18.4 Å². The number of halogens is 3. The van der Waals surface area contributed by atoms with Crippen molar-refractivity contribution in [2.24, 2.45) is 0 Å². The van der Waals surface area contributed by atoms with Crippen molar-refractivity contribution in [2.75, 3.05) is 17.7 Å². The van der Waals surface area contributed by atoms with Crippen LogP contribution < -0.4 is 11.1 Å². The van der Waals surface area contributed by atoms with E-state index in [9.17, 15) is 18.0 Å². The molecule has 1 amide bonds. The van der Waals surface area contributed by atoms with Crippen LogP contribution in [0.15, 0.2) is 18.2 Å². The van der Waals surface area contributed by atoms with Gasteiger partial charge in [-0.3, -0.25) is 4.79 Å². The highest BCUT2D eigenvalue weighted by Gasteiger charge is 2.33. The van der Waals surface area contributed by atoms with Crippen molar-refractivity contribution in [1.82, 2.24) is 0 Å². The van der Waals surface area contributed by atoms with E-state index in [0.717, 1.165) is 12.1 Å². The molecule has 0 bridgehead atoms. The van der Waals surface area contributed by atoms with Crippen LogP contribution in [0.25, 0.3) is 0 Å². The zero-order chi connectivity index (χ0) is 13.8. The second kappa shape index (κ2) is 5.72. The number of nitrogen functional groups attached to an aromatic ring is 1. The third-order valence-electron chi connectivity index (χ3n) is 2.20. The summed E-state index contributed by atoms with van der Waals surface area (Å²) in [5.41, 5.74) is 3.87. The molecule has 0 aliphatic rings. The van der Waals surface area contributed by atoms with Gasteiger partial charge in [0, 0.05) is 24.4 Å². The Labute approximate surface area is 102 Å². The summed E-state index contributed by atoms with van der Waals surface area (Å²) in [6, 6.07) is 3.16. The molecule has 0 aliphatic heterocycles. The Morgan fingerprint density at radius 1 is 1.39 bits per heavy atom. The van der Waals surface area contributed by atoms with Gasteiger partial charge in [0.1, 0.15) is 0 Å². The quantitative estimate of drug-likeness (QED) is 0.726. The topological polar surface area (TPSA) is 75.3 Å². The molecule has 18 heavy (non-hydrogen) atoms. The van der Waals surface area contributed by atoms with Gasteiger partial charge in [-0.05, 0) is 24.6 Å². The molecule has 4 nitrogen and oxygen atoms in total. The standard InChI is InChI=1S/C11H13F3N2O2/c12-11(13,14)8-6-7(3-4-9(8)15)16-10(18)2-1-5-17/h3-4,6,17H,1-2,5,15H2,(H,16,18). The Bertz CT molecular complexity index is 433. The van der Waals surface area contributed by atoms with Crippen LogP contribution in [0.3, 0.4) is 0 Å². The first-order chi connectivity index (χ1) is 8.34. The highest BCUT2D eigenvalue weighted by atomic mass is 19.4. The second-order valence-corrected chi connectivity index (χ2v) is 3.68. The molecule has 1 aromatic carbocycles. The Morgan fingerprint density at radius 3 is 2.61 bits per heavy atom. The summed E-state index contributed by atoms with van der Waals surface area (Å²) in [7, 11) is 0. The number of hydrogen-bond donors (Lipinski definition) is 3. The zero-order valence-corrected chi connectivity index (χ0v) is 9.42. The molecule has 0 saturated carbocycles. The average molecular weight is 262 g/mol. The molecule has 100 valence electrons. The smallest absolute Gasteiger partial charge is 0.398 e. The monoisotopic (exact) mass is 262 g/mol. The molecule has 0 fully saturated rings. The number of rotatable bonds is 4. The van der Waals surface area contributed by atoms with Gasteiger partial charge in [-0.15, -0.1) is 0 Å². The summed E-state index contributed by atoms with van der Waals surface area (Å²) in [5.74, 6) is -0.457. The fourth-order valence-corrected chi connectivity index (χ4v) is 1.34. The van der Waals surface area contributed by atoms with Crippen molar-refractivity contribution < 1.29 is 23.1 Å². The van der Waals surface area contributed by atoms with E-state index < -0.39 is 23.3 Å². The minimum atomic E-state index is -4.56. The number of alkyl halides is 3. The van der Waals surface area contributed by atoms with Crippen molar-refractivity contribution in [3.05, 3.63) is 23.8 Å². The largest absolute Gasteiger partial charge is 0.418 e. The molecule has 1 rings (SSSR count). The lowest BCUT2D eigenvalue weighted by atomic mass is 10.1. The van der Waals surface area contributed by atoms with Crippen molar-refractivity contribution in [1.29, 1.82) is 0 Å². The molecule has 0 aliphatic carbocycles. The number of carbonyl (C=O) groups is 1. The first kappa shape index (κ1) is 14.3. The third kappa shape index (κ3) is 3.92. The van der Waals surface area contributed by atoms with Gasteiger partial charge in [0.15, 0.2) is 0 Å². The van der Waals surface area contributed by atoms with Crippen molar-refractivity contribution in [2.45, 2.75) is 19.0 Å².